The summed E-state index contributed by atoms with van der Waals surface area (Å²) in [4.78, 5) is 10.6. The predicted molar refractivity (Wildman–Crippen MR) is 72.1 cm³/mol. The van der Waals surface area contributed by atoms with Crippen molar-refractivity contribution in [1.82, 2.24) is 10.2 Å². The van der Waals surface area contributed by atoms with Crippen LogP contribution in [0, 0.1) is 0 Å². The SMILES string of the molecule is CCc1ccc(CNc2ccc(C(=O)O)nn2)cc1. The van der Waals surface area contributed by atoms with Crippen LogP contribution in [0.3, 0.4) is 0 Å². The van der Waals surface area contributed by atoms with Crippen LogP contribution in [0.1, 0.15) is 28.5 Å². The van der Waals surface area contributed by atoms with E-state index in [1.807, 2.05) is 0 Å². The molecule has 0 amide bonds. The first-order valence-corrected chi connectivity index (χ1v) is 6.07. The lowest BCUT2D eigenvalue weighted by Gasteiger charge is -2.06. The van der Waals surface area contributed by atoms with Crippen molar-refractivity contribution < 1.29 is 9.90 Å². The second-order valence-corrected chi connectivity index (χ2v) is 4.13. The third-order valence-electron chi connectivity index (χ3n) is 2.79. The molecule has 19 heavy (non-hydrogen) atoms. The number of rotatable bonds is 5. The number of nitrogens with zero attached hydrogens (tertiary/aromatic N) is 2. The van der Waals surface area contributed by atoms with Crippen LogP contribution in [0.15, 0.2) is 36.4 Å². The Labute approximate surface area is 111 Å². The lowest BCUT2D eigenvalue weighted by atomic mass is 10.1. The van der Waals surface area contributed by atoms with E-state index >= 15 is 0 Å². The lowest BCUT2D eigenvalue weighted by Crippen LogP contribution is -2.06. The zero-order valence-corrected chi connectivity index (χ0v) is 10.6. The van der Waals surface area contributed by atoms with Gasteiger partial charge in [0, 0.05) is 6.54 Å². The standard InChI is InChI=1S/C14H15N3O2/c1-2-10-3-5-11(6-4-10)9-15-13-8-7-12(14(18)19)16-17-13/h3-8H,2,9H2,1H3,(H,15,17)(H,18,19). The van der Waals surface area contributed by atoms with E-state index in [0.29, 0.717) is 12.4 Å². The van der Waals surface area contributed by atoms with Gasteiger partial charge in [-0.2, -0.15) is 0 Å². The molecule has 0 spiro atoms. The van der Waals surface area contributed by atoms with Crippen LogP contribution < -0.4 is 5.32 Å². The molecule has 2 aromatic rings. The minimum Gasteiger partial charge on any atom is -0.476 e. The molecule has 1 heterocycles. The Morgan fingerprint density at radius 1 is 1.11 bits per heavy atom. The van der Waals surface area contributed by atoms with Gasteiger partial charge in [-0.05, 0) is 29.7 Å². The van der Waals surface area contributed by atoms with E-state index in [-0.39, 0.29) is 5.69 Å². The largest absolute Gasteiger partial charge is 0.476 e. The first kappa shape index (κ1) is 13.0. The maximum atomic E-state index is 10.6. The van der Waals surface area contributed by atoms with E-state index < -0.39 is 5.97 Å². The highest BCUT2D eigenvalue weighted by Crippen LogP contribution is 2.08. The van der Waals surface area contributed by atoms with Gasteiger partial charge >= 0.3 is 5.97 Å². The van der Waals surface area contributed by atoms with Gasteiger partial charge in [-0.25, -0.2) is 4.79 Å². The van der Waals surface area contributed by atoms with Crippen molar-refractivity contribution in [3.63, 3.8) is 0 Å². The molecule has 5 heteroatoms. The van der Waals surface area contributed by atoms with Crippen LogP contribution in [0.2, 0.25) is 0 Å². The van der Waals surface area contributed by atoms with E-state index in [1.165, 1.54) is 11.6 Å². The molecule has 0 bridgehead atoms. The fraction of sp³-hybridized carbons (Fsp3) is 0.214. The minimum absolute atomic E-state index is 0.0575. The summed E-state index contributed by atoms with van der Waals surface area (Å²) < 4.78 is 0. The summed E-state index contributed by atoms with van der Waals surface area (Å²) in [7, 11) is 0. The quantitative estimate of drug-likeness (QED) is 0.860. The molecule has 0 saturated carbocycles. The van der Waals surface area contributed by atoms with Crippen molar-refractivity contribution in [2.75, 3.05) is 5.32 Å². The first-order valence-electron chi connectivity index (χ1n) is 6.07. The molecular weight excluding hydrogens is 242 g/mol. The molecule has 0 atom stereocenters. The van der Waals surface area contributed by atoms with Crippen molar-refractivity contribution in [3.8, 4) is 0 Å². The number of carbonyl (C=O) groups is 1. The molecule has 0 fully saturated rings. The van der Waals surface area contributed by atoms with Crippen LogP contribution in [-0.4, -0.2) is 21.3 Å². The number of carboxylic acid groups (broad SMARTS) is 1. The van der Waals surface area contributed by atoms with Crippen LogP contribution in [0.4, 0.5) is 5.82 Å². The van der Waals surface area contributed by atoms with Gasteiger partial charge in [-0.3, -0.25) is 0 Å². The predicted octanol–water partition coefficient (Wildman–Crippen LogP) is 2.35. The van der Waals surface area contributed by atoms with Crippen LogP contribution in [-0.2, 0) is 13.0 Å². The van der Waals surface area contributed by atoms with E-state index in [2.05, 4.69) is 46.7 Å². The van der Waals surface area contributed by atoms with Crippen molar-refractivity contribution in [3.05, 3.63) is 53.2 Å². The highest BCUT2D eigenvalue weighted by Gasteiger charge is 2.04. The van der Waals surface area contributed by atoms with Gasteiger partial charge in [0.25, 0.3) is 0 Å². The molecular formula is C14H15N3O2. The zero-order valence-electron chi connectivity index (χ0n) is 10.6. The molecule has 0 saturated heterocycles. The number of carboxylic acids is 1. The summed E-state index contributed by atoms with van der Waals surface area (Å²) >= 11 is 0. The molecule has 98 valence electrons. The van der Waals surface area contributed by atoms with Crippen LogP contribution in [0.25, 0.3) is 0 Å². The Kier molecular flexibility index (Phi) is 4.07. The van der Waals surface area contributed by atoms with E-state index in [1.54, 1.807) is 6.07 Å². The molecule has 1 aromatic heterocycles. The second-order valence-electron chi connectivity index (χ2n) is 4.13. The number of nitrogens with one attached hydrogen (secondary N) is 1. The van der Waals surface area contributed by atoms with Gasteiger partial charge in [-0.15, -0.1) is 10.2 Å². The zero-order chi connectivity index (χ0) is 13.7. The summed E-state index contributed by atoms with van der Waals surface area (Å²) in [6.45, 7) is 2.75. The number of aromatic nitrogens is 2. The van der Waals surface area contributed by atoms with Crippen molar-refractivity contribution in [1.29, 1.82) is 0 Å². The fourth-order valence-electron chi connectivity index (χ4n) is 1.63. The normalized spacial score (nSPS) is 10.2. The Hall–Kier alpha value is -2.43. The van der Waals surface area contributed by atoms with Gasteiger partial charge in [-0.1, -0.05) is 31.2 Å². The average Bonchev–Trinajstić information content (AvgIpc) is 2.46. The molecule has 0 unspecified atom stereocenters. The van der Waals surface area contributed by atoms with Gasteiger partial charge in [0.05, 0.1) is 0 Å². The summed E-state index contributed by atoms with van der Waals surface area (Å²) in [5.41, 5.74) is 2.38. The van der Waals surface area contributed by atoms with Crippen molar-refractivity contribution >= 4 is 11.8 Å². The number of hydrogen-bond donors (Lipinski definition) is 2. The Morgan fingerprint density at radius 2 is 1.79 bits per heavy atom. The van der Waals surface area contributed by atoms with Crippen molar-refractivity contribution in [2.45, 2.75) is 19.9 Å². The number of aromatic carboxylic acids is 1. The average molecular weight is 257 g/mol. The summed E-state index contributed by atoms with van der Waals surface area (Å²) in [6, 6.07) is 11.3. The van der Waals surface area contributed by atoms with Gasteiger partial charge in [0.1, 0.15) is 5.82 Å². The smallest absolute Gasteiger partial charge is 0.356 e. The van der Waals surface area contributed by atoms with Gasteiger partial charge < -0.3 is 10.4 Å². The van der Waals surface area contributed by atoms with E-state index in [4.69, 9.17) is 5.11 Å². The van der Waals surface area contributed by atoms with E-state index in [9.17, 15) is 4.79 Å². The van der Waals surface area contributed by atoms with E-state index in [0.717, 1.165) is 12.0 Å². The maximum Gasteiger partial charge on any atom is 0.356 e. The van der Waals surface area contributed by atoms with Gasteiger partial charge in [0.15, 0.2) is 5.69 Å². The molecule has 0 aliphatic rings. The monoisotopic (exact) mass is 257 g/mol. The second kappa shape index (κ2) is 5.95. The molecule has 2 N–H and O–H groups in total. The number of anilines is 1. The molecule has 5 nitrogen and oxygen atoms in total. The molecule has 0 aliphatic carbocycles. The number of hydrogen-bond acceptors (Lipinski definition) is 4. The topological polar surface area (TPSA) is 75.1 Å². The minimum atomic E-state index is -1.07. The number of benzene rings is 1. The highest BCUT2D eigenvalue weighted by molar-refractivity contribution is 5.85. The molecule has 0 aliphatic heterocycles. The highest BCUT2D eigenvalue weighted by atomic mass is 16.4. The molecule has 2 rings (SSSR count). The molecule has 1 aromatic carbocycles. The Bertz CT molecular complexity index is 550. The Morgan fingerprint density at radius 3 is 2.32 bits per heavy atom. The first-order chi connectivity index (χ1) is 9.19. The third kappa shape index (κ3) is 3.51. The third-order valence-corrected chi connectivity index (χ3v) is 2.79. The van der Waals surface area contributed by atoms with Gasteiger partial charge in [0.2, 0.25) is 0 Å². The maximum absolute atomic E-state index is 10.6. The molecule has 0 radical (unpaired) electrons. The van der Waals surface area contributed by atoms with Crippen LogP contribution >= 0.6 is 0 Å². The fourth-order valence-corrected chi connectivity index (χ4v) is 1.63. The number of aryl methyl sites for hydroxylation is 1. The lowest BCUT2D eigenvalue weighted by molar-refractivity contribution is 0.0689. The van der Waals surface area contributed by atoms with Crippen LogP contribution in [0.5, 0.6) is 0 Å². The Balaban J connectivity index is 1.95. The summed E-state index contributed by atoms with van der Waals surface area (Å²) in [5.74, 6) is -0.515. The van der Waals surface area contributed by atoms with Crippen molar-refractivity contribution in [2.24, 2.45) is 0 Å². The summed E-state index contributed by atoms with van der Waals surface area (Å²) in [5, 5.41) is 19.2. The summed E-state index contributed by atoms with van der Waals surface area (Å²) in [6.07, 6.45) is 1.02.